The van der Waals surface area contributed by atoms with Crippen molar-refractivity contribution in [2.45, 2.75) is 6.42 Å². The van der Waals surface area contributed by atoms with Gasteiger partial charge in [-0.25, -0.2) is 0 Å². The van der Waals surface area contributed by atoms with Crippen LogP contribution in [0.4, 0.5) is 0 Å². The summed E-state index contributed by atoms with van der Waals surface area (Å²) in [5.74, 6) is 1.54. The van der Waals surface area contributed by atoms with Crippen LogP contribution in [0, 0.1) is 5.92 Å². The van der Waals surface area contributed by atoms with E-state index in [1.165, 1.54) is 0 Å². The van der Waals surface area contributed by atoms with E-state index in [4.69, 9.17) is 11.6 Å². The Labute approximate surface area is 91.5 Å². The average Bonchev–Trinajstić information content (AvgIpc) is 2.54. The Bertz CT molecular complexity index is 490. The largest absolute Gasteiger partial charge is 0.316 e. The molecule has 0 aromatic carbocycles. The van der Waals surface area contributed by atoms with Crippen LogP contribution in [0.15, 0.2) is 12.1 Å². The van der Waals surface area contributed by atoms with Crippen LogP contribution in [0.25, 0.3) is 5.65 Å². The van der Waals surface area contributed by atoms with Crippen molar-refractivity contribution in [1.29, 1.82) is 0 Å². The van der Waals surface area contributed by atoms with Crippen LogP contribution < -0.4 is 5.32 Å². The fourth-order valence-electron chi connectivity index (χ4n) is 1.69. The normalized spacial score (nSPS) is 16.9. The van der Waals surface area contributed by atoms with E-state index in [2.05, 4.69) is 20.6 Å². The molecular formula is C9H10ClN5. The summed E-state index contributed by atoms with van der Waals surface area (Å²) < 4.78 is 1.72. The van der Waals surface area contributed by atoms with Crippen molar-refractivity contribution in [2.75, 3.05) is 13.1 Å². The molecule has 2 aromatic heterocycles. The van der Waals surface area contributed by atoms with Crippen LogP contribution in [-0.4, -0.2) is 32.9 Å². The van der Waals surface area contributed by atoms with E-state index in [0.717, 1.165) is 31.0 Å². The number of nitrogens with one attached hydrogen (secondary N) is 1. The molecule has 0 amide bonds. The fourth-order valence-corrected chi connectivity index (χ4v) is 1.83. The zero-order valence-corrected chi connectivity index (χ0v) is 8.78. The molecule has 15 heavy (non-hydrogen) atoms. The molecule has 2 aromatic rings. The smallest absolute Gasteiger partial charge is 0.178 e. The number of hydrogen-bond acceptors (Lipinski definition) is 4. The molecule has 3 heterocycles. The summed E-state index contributed by atoms with van der Waals surface area (Å²) in [5, 5.41) is 16.0. The zero-order chi connectivity index (χ0) is 10.3. The van der Waals surface area contributed by atoms with E-state index < -0.39 is 0 Å². The molecule has 1 aliphatic rings. The van der Waals surface area contributed by atoms with Gasteiger partial charge in [0, 0.05) is 6.42 Å². The van der Waals surface area contributed by atoms with Gasteiger partial charge in [-0.15, -0.1) is 10.2 Å². The van der Waals surface area contributed by atoms with Gasteiger partial charge in [0.15, 0.2) is 11.5 Å². The standard InChI is InChI=1S/C9H10ClN5/c10-7-1-2-8-12-13-9(15(8)14-7)3-6-4-11-5-6/h1-2,6,11H,3-5H2. The van der Waals surface area contributed by atoms with Gasteiger partial charge < -0.3 is 5.32 Å². The van der Waals surface area contributed by atoms with Crippen LogP contribution >= 0.6 is 11.6 Å². The average molecular weight is 224 g/mol. The number of nitrogens with zero attached hydrogens (tertiary/aromatic N) is 4. The topological polar surface area (TPSA) is 55.1 Å². The molecule has 0 saturated carbocycles. The molecule has 0 atom stereocenters. The number of halogens is 1. The second-order valence-corrected chi connectivity index (χ2v) is 4.16. The molecule has 3 rings (SSSR count). The van der Waals surface area contributed by atoms with Gasteiger partial charge in [-0.1, -0.05) is 11.6 Å². The van der Waals surface area contributed by atoms with Crippen LogP contribution in [0.1, 0.15) is 5.82 Å². The number of hydrogen-bond donors (Lipinski definition) is 1. The van der Waals surface area contributed by atoms with Crippen molar-refractivity contribution in [3.63, 3.8) is 0 Å². The van der Waals surface area contributed by atoms with Crippen molar-refractivity contribution >= 4 is 17.2 Å². The van der Waals surface area contributed by atoms with Gasteiger partial charge in [-0.3, -0.25) is 0 Å². The highest BCUT2D eigenvalue weighted by Crippen LogP contribution is 2.13. The third kappa shape index (κ3) is 1.57. The lowest BCUT2D eigenvalue weighted by Crippen LogP contribution is -2.43. The van der Waals surface area contributed by atoms with Gasteiger partial charge in [0.05, 0.1) is 0 Å². The minimum Gasteiger partial charge on any atom is -0.316 e. The molecule has 5 nitrogen and oxygen atoms in total. The van der Waals surface area contributed by atoms with E-state index in [-0.39, 0.29) is 0 Å². The first-order chi connectivity index (χ1) is 7.33. The Morgan fingerprint density at radius 2 is 2.27 bits per heavy atom. The quantitative estimate of drug-likeness (QED) is 0.808. The Morgan fingerprint density at radius 3 is 3.00 bits per heavy atom. The molecule has 0 spiro atoms. The van der Waals surface area contributed by atoms with Crippen LogP contribution in [0.2, 0.25) is 5.15 Å². The van der Waals surface area contributed by atoms with Gasteiger partial charge in [-0.05, 0) is 31.1 Å². The summed E-state index contributed by atoms with van der Waals surface area (Å²) >= 11 is 5.83. The van der Waals surface area contributed by atoms with Gasteiger partial charge in [0.1, 0.15) is 5.15 Å². The van der Waals surface area contributed by atoms with Gasteiger partial charge in [0.25, 0.3) is 0 Å². The van der Waals surface area contributed by atoms with E-state index in [1.54, 1.807) is 10.6 Å². The van der Waals surface area contributed by atoms with Crippen molar-refractivity contribution in [1.82, 2.24) is 25.1 Å². The highest BCUT2D eigenvalue weighted by atomic mass is 35.5. The number of rotatable bonds is 2. The van der Waals surface area contributed by atoms with E-state index in [9.17, 15) is 0 Å². The van der Waals surface area contributed by atoms with Crippen molar-refractivity contribution in [3.05, 3.63) is 23.1 Å². The Balaban J connectivity index is 1.98. The molecule has 1 saturated heterocycles. The lowest BCUT2D eigenvalue weighted by atomic mass is 9.99. The SMILES string of the molecule is Clc1ccc2nnc(CC3CNC3)n2n1. The highest BCUT2D eigenvalue weighted by molar-refractivity contribution is 6.29. The third-order valence-electron chi connectivity index (χ3n) is 2.63. The zero-order valence-electron chi connectivity index (χ0n) is 8.02. The van der Waals surface area contributed by atoms with Gasteiger partial charge in [-0.2, -0.15) is 9.61 Å². The molecule has 0 aliphatic carbocycles. The van der Waals surface area contributed by atoms with E-state index in [0.29, 0.717) is 11.1 Å². The van der Waals surface area contributed by atoms with Gasteiger partial charge >= 0.3 is 0 Å². The first kappa shape index (κ1) is 9.06. The Hall–Kier alpha value is -1.20. The van der Waals surface area contributed by atoms with Gasteiger partial charge in [0.2, 0.25) is 0 Å². The molecule has 0 radical (unpaired) electrons. The maximum atomic E-state index is 5.83. The minimum atomic E-state index is 0.468. The monoisotopic (exact) mass is 223 g/mol. The Kier molecular flexibility index (Phi) is 2.07. The summed E-state index contributed by atoms with van der Waals surface area (Å²) in [6.45, 7) is 2.10. The summed E-state index contributed by atoms with van der Waals surface area (Å²) in [6, 6.07) is 3.55. The fraction of sp³-hybridized carbons (Fsp3) is 0.444. The summed E-state index contributed by atoms with van der Waals surface area (Å²) in [7, 11) is 0. The molecular weight excluding hydrogens is 214 g/mol. The minimum absolute atomic E-state index is 0.468. The van der Waals surface area contributed by atoms with Crippen LogP contribution in [0.5, 0.6) is 0 Å². The first-order valence-corrected chi connectivity index (χ1v) is 5.28. The second-order valence-electron chi connectivity index (χ2n) is 3.77. The maximum Gasteiger partial charge on any atom is 0.178 e. The van der Waals surface area contributed by atoms with Crippen molar-refractivity contribution in [3.8, 4) is 0 Å². The molecule has 1 N–H and O–H groups in total. The molecule has 1 aliphatic heterocycles. The van der Waals surface area contributed by atoms with Crippen LogP contribution in [-0.2, 0) is 6.42 Å². The predicted octanol–water partition coefficient (Wildman–Crippen LogP) is 0.540. The molecule has 0 unspecified atom stereocenters. The molecule has 6 heteroatoms. The summed E-state index contributed by atoms with van der Waals surface area (Å²) in [6.07, 6.45) is 0.904. The highest BCUT2D eigenvalue weighted by Gasteiger charge is 2.20. The predicted molar refractivity (Wildman–Crippen MR) is 55.9 cm³/mol. The lowest BCUT2D eigenvalue weighted by molar-refractivity contribution is 0.339. The van der Waals surface area contributed by atoms with Crippen molar-refractivity contribution in [2.24, 2.45) is 5.92 Å². The maximum absolute atomic E-state index is 5.83. The summed E-state index contributed by atoms with van der Waals surface area (Å²) in [5.41, 5.74) is 0.752. The van der Waals surface area contributed by atoms with Crippen molar-refractivity contribution < 1.29 is 0 Å². The number of fused-ring (bicyclic) bond motifs is 1. The second kappa shape index (κ2) is 3.43. The Morgan fingerprint density at radius 1 is 1.40 bits per heavy atom. The molecule has 78 valence electrons. The molecule has 1 fully saturated rings. The lowest BCUT2D eigenvalue weighted by Gasteiger charge is -2.25. The molecule has 0 bridgehead atoms. The number of aromatic nitrogens is 4. The van der Waals surface area contributed by atoms with Crippen LogP contribution in [0.3, 0.4) is 0 Å². The third-order valence-corrected chi connectivity index (χ3v) is 2.83. The van der Waals surface area contributed by atoms with E-state index >= 15 is 0 Å². The van der Waals surface area contributed by atoms with E-state index in [1.807, 2.05) is 6.07 Å². The summed E-state index contributed by atoms with van der Waals surface area (Å²) in [4.78, 5) is 0. The first-order valence-electron chi connectivity index (χ1n) is 4.90.